The van der Waals surface area contributed by atoms with Gasteiger partial charge in [-0.2, -0.15) is 0 Å². The summed E-state index contributed by atoms with van der Waals surface area (Å²) in [7, 11) is 0. The maximum Gasteiger partial charge on any atom is 0.164 e. The van der Waals surface area contributed by atoms with Crippen molar-refractivity contribution in [1.82, 2.24) is 15.0 Å². The lowest BCUT2D eigenvalue weighted by molar-refractivity contribution is 0.673. The van der Waals surface area contributed by atoms with Gasteiger partial charge in [-0.3, -0.25) is 0 Å². The van der Waals surface area contributed by atoms with Crippen LogP contribution in [-0.4, -0.2) is 15.0 Å². The van der Waals surface area contributed by atoms with E-state index in [1.165, 1.54) is 21.9 Å². The zero-order valence-electron chi connectivity index (χ0n) is 27.5. The van der Waals surface area contributed by atoms with Gasteiger partial charge >= 0.3 is 0 Å². The molecule has 10 rings (SSSR count). The summed E-state index contributed by atoms with van der Waals surface area (Å²) in [4.78, 5) is 15.3. The minimum atomic E-state index is 0.595. The number of benzene rings is 8. The molecule has 0 bridgehead atoms. The third kappa shape index (κ3) is 5.04. The van der Waals surface area contributed by atoms with Gasteiger partial charge in [-0.25, -0.2) is 15.0 Å². The summed E-state index contributed by atoms with van der Waals surface area (Å²) in [5.74, 6) is 1.84. The summed E-state index contributed by atoms with van der Waals surface area (Å²) in [6.07, 6.45) is 0. The van der Waals surface area contributed by atoms with Crippen molar-refractivity contribution in [1.29, 1.82) is 0 Å². The van der Waals surface area contributed by atoms with E-state index in [0.717, 1.165) is 60.5 Å². The summed E-state index contributed by atoms with van der Waals surface area (Å²) >= 11 is 0. The average molecular weight is 652 g/mol. The number of fused-ring (bicyclic) bond motifs is 6. The predicted molar refractivity (Wildman–Crippen MR) is 209 cm³/mol. The van der Waals surface area contributed by atoms with Gasteiger partial charge in [-0.15, -0.1) is 0 Å². The first-order valence-electron chi connectivity index (χ1n) is 17.1. The molecule has 0 aliphatic carbocycles. The third-order valence-corrected chi connectivity index (χ3v) is 9.72. The normalized spacial score (nSPS) is 11.5. The lowest BCUT2D eigenvalue weighted by Gasteiger charge is -2.12. The molecule has 0 spiro atoms. The van der Waals surface area contributed by atoms with Crippen molar-refractivity contribution in [2.45, 2.75) is 0 Å². The van der Waals surface area contributed by atoms with Gasteiger partial charge in [-0.05, 0) is 56.6 Å². The van der Waals surface area contributed by atoms with Crippen LogP contribution in [0.1, 0.15) is 0 Å². The zero-order valence-corrected chi connectivity index (χ0v) is 27.5. The van der Waals surface area contributed by atoms with E-state index in [0.29, 0.717) is 17.5 Å². The predicted octanol–water partition coefficient (Wildman–Crippen LogP) is 12.4. The molecule has 4 heteroatoms. The lowest BCUT2D eigenvalue weighted by atomic mass is 9.94. The molecule has 0 fully saturated rings. The molecule has 0 saturated heterocycles. The molecule has 0 aliphatic rings. The Bertz CT molecular complexity index is 2830. The second-order valence-corrected chi connectivity index (χ2v) is 12.8. The Morgan fingerprint density at radius 2 is 0.902 bits per heavy atom. The van der Waals surface area contributed by atoms with E-state index in [4.69, 9.17) is 19.4 Å². The Labute approximate surface area is 294 Å². The summed E-state index contributed by atoms with van der Waals surface area (Å²) < 4.78 is 6.79. The maximum absolute atomic E-state index is 6.79. The fourth-order valence-corrected chi connectivity index (χ4v) is 7.22. The molecule has 2 heterocycles. The van der Waals surface area contributed by atoms with Crippen LogP contribution >= 0.6 is 0 Å². The number of hydrogen-bond donors (Lipinski definition) is 0. The minimum absolute atomic E-state index is 0.595. The fourth-order valence-electron chi connectivity index (χ4n) is 7.22. The van der Waals surface area contributed by atoms with Crippen molar-refractivity contribution in [2.24, 2.45) is 0 Å². The zero-order chi connectivity index (χ0) is 33.7. The Morgan fingerprint density at radius 3 is 1.61 bits per heavy atom. The Morgan fingerprint density at radius 1 is 0.333 bits per heavy atom. The molecule has 238 valence electrons. The molecule has 4 nitrogen and oxygen atoms in total. The summed E-state index contributed by atoms with van der Waals surface area (Å²) in [5, 5.41) is 6.69. The molecular weight excluding hydrogens is 623 g/mol. The van der Waals surface area contributed by atoms with Gasteiger partial charge in [0.15, 0.2) is 17.5 Å². The van der Waals surface area contributed by atoms with Gasteiger partial charge in [0.25, 0.3) is 0 Å². The van der Waals surface area contributed by atoms with Crippen LogP contribution < -0.4 is 0 Å². The number of rotatable bonds is 5. The van der Waals surface area contributed by atoms with Gasteiger partial charge < -0.3 is 4.42 Å². The van der Waals surface area contributed by atoms with Crippen LogP contribution in [0, 0.1) is 0 Å². The van der Waals surface area contributed by atoms with Crippen LogP contribution in [0.5, 0.6) is 0 Å². The van der Waals surface area contributed by atoms with Gasteiger partial charge in [0.2, 0.25) is 0 Å². The number of nitrogens with zero attached hydrogens (tertiary/aromatic N) is 3. The van der Waals surface area contributed by atoms with Crippen LogP contribution in [-0.2, 0) is 0 Å². The summed E-state index contributed by atoms with van der Waals surface area (Å²) in [6, 6.07) is 61.0. The molecule has 0 atom stereocenters. The first-order valence-corrected chi connectivity index (χ1v) is 17.1. The molecule has 0 radical (unpaired) electrons. The topological polar surface area (TPSA) is 51.8 Å². The van der Waals surface area contributed by atoms with E-state index >= 15 is 0 Å². The van der Waals surface area contributed by atoms with E-state index in [2.05, 4.69) is 115 Å². The highest BCUT2D eigenvalue weighted by molar-refractivity contribution is 6.19. The molecule has 0 amide bonds. The quantitative estimate of drug-likeness (QED) is 0.186. The van der Waals surface area contributed by atoms with Crippen molar-refractivity contribution in [3.8, 4) is 56.4 Å². The fraction of sp³-hybridized carbons (Fsp3) is 0. The van der Waals surface area contributed by atoms with Crippen LogP contribution in [0.3, 0.4) is 0 Å². The smallest absolute Gasteiger partial charge is 0.164 e. The molecule has 51 heavy (non-hydrogen) atoms. The summed E-state index contributed by atoms with van der Waals surface area (Å²) in [6.45, 7) is 0. The second kappa shape index (κ2) is 11.9. The van der Waals surface area contributed by atoms with E-state index < -0.39 is 0 Å². The van der Waals surface area contributed by atoms with Crippen molar-refractivity contribution in [3.63, 3.8) is 0 Å². The van der Waals surface area contributed by atoms with Crippen molar-refractivity contribution in [3.05, 3.63) is 176 Å². The molecule has 0 N–H and O–H groups in total. The van der Waals surface area contributed by atoms with Crippen LogP contribution in [0.4, 0.5) is 0 Å². The van der Waals surface area contributed by atoms with Crippen molar-refractivity contribution in [2.75, 3.05) is 0 Å². The lowest BCUT2D eigenvalue weighted by Crippen LogP contribution is -2.00. The first kappa shape index (κ1) is 29.0. The molecule has 0 aliphatic heterocycles. The second-order valence-electron chi connectivity index (χ2n) is 12.8. The first-order chi connectivity index (χ1) is 25.3. The number of hydrogen-bond acceptors (Lipinski definition) is 4. The van der Waals surface area contributed by atoms with E-state index in [9.17, 15) is 0 Å². The van der Waals surface area contributed by atoms with Crippen LogP contribution in [0.2, 0.25) is 0 Å². The highest BCUT2D eigenvalue weighted by Crippen LogP contribution is 2.42. The van der Waals surface area contributed by atoms with E-state index in [1.54, 1.807) is 0 Å². The van der Waals surface area contributed by atoms with Crippen molar-refractivity contribution >= 4 is 43.5 Å². The van der Waals surface area contributed by atoms with E-state index in [-0.39, 0.29) is 0 Å². The number of aromatic nitrogens is 3. The monoisotopic (exact) mass is 651 g/mol. The largest absolute Gasteiger partial charge is 0.455 e. The molecule has 10 aromatic rings. The van der Waals surface area contributed by atoms with E-state index in [1.807, 2.05) is 60.7 Å². The third-order valence-electron chi connectivity index (χ3n) is 9.72. The van der Waals surface area contributed by atoms with Crippen LogP contribution in [0.25, 0.3) is 99.9 Å². The van der Waals surface area contributed by atoms with Gasteiger partial charge in [-0.1, -0.05) is 158 Å². The van der Waals surface area contributed by atoms with Crippen molar-refractivity contribution < 1.29 is 4.42 Å². The molecule has 0 unspecified atom stereocenters. The molecule has 2 aromatic heterocycles. The van der Waals surface area contributed by atoms with Gasteiger partial charge in [0.1, 0.15) is 11.2 Å². The molecule has 8 aromatic carbocycles. The highest BCUT2D eigenvalue weighted by atomic mass is 16.3. The maximum atomic E-state index is 6.79. The van der Waals surface area contributed by atoms with Gasteiger partial charge in [0, 0.05) is 32.8 Å². The Hall–Kier alpha value is -6.91. The highest BCUT2D eigenvalue weighted by Gasteiger charge is 2.21. The Kier molecular flexibility index (Phi) is 6.78. The van der Waals surface area contributed by atoms with Crippen LogP contribution in [0.15, 0.2) is 180 Å². The average Bonchev–Trinajstić information content (AvgIpc) is 3.60. The van der Waals surface area contributed by atoms with Gasteiger partial charge in [0.05, 0.1) is 0 Å². The minimum Gasteiger partial charge on any atom is -0.455 e. The SMILES string of the molecule is c1ccc(-c2nc(-c3ccccc3)nc(-c3cc(-c4ccc(-c5cccc6ccccc56)cc4)cc4oc5c6ccccc6ccc5c34)n2)cc1. The number of furan rings is 1. The Balaban J connectivity index is 1.22. The summed E-state index contributed by atoms with van der Waals surface area (Å²) in [5.41, 5.74) is 8.88. The molecule has 0 saturated carbocycles. The standard InChI is InChI=1S/C47H29N3O/c1-3-14-34(15-4-1)45-48-46(35-16-5-2-6-17-35)50-47(49-45)41-28-36(29-42-43(41)40-27-26-32-13-8-10-20-39(32)44(40)51-42)30-22-24-33(25-23-30)38-21-11-18-31-12-7-9-19-37(31)38/h1-29H. The molecular formula is C47H29N3O.